The summed E-state index contributed by atoms with van der Waals surface area (Å²) in [5.41, 5.74) is -0.855. The molecule has 0 unspecified atom stereocenters. The van der Waals surface area contributed by atoms with Gasteiger partial charge in [-0.1, -0.05) is 36.4 Å². The number of hydrogen-bond donors (Lipinski definition) is 2. The number of aromatic nitrogens is 2. The predicted molar refractivity (Wildman–Crippen MR) is 54.1 cm³/mol. The van der Waals surface area contributed by atoms with E-state index in [4.69, 9.17) is 0 Å². The zero-order valence-corrected chi connectivity index (χ0v) is 7.44. The lowest BCUT2D eigenvalue weighted by atomic mass is 10.4. The molecular formula is C10H10N2O2. The molecule has 4 nitrogen and oxygen atoms in total. The van der Waals surface area contributed by atoms with Gasteiger partial charge < -0.3 is 4.98 Å². The second-order valence-corrected chi connectivity index (χ2v) is 2.45. The van der Waals surface area contributed by atoms with Crippen molar-refractivity contribution in [3.8, 4) is 0 Å². The van der Waals surface area contributed by atoms with Gasteiger partial charge in [-0.15, -0.1) is 0 Å². The molecule has 2 N–H and O–H groups in total. The molecule has 0 radical (unpaired) electrons. The Bertz CT molecular complexity index is 407. The normalized spacial score (nSPS) is 8.57. The van der Waals surface area contributed by atoms with Crippen LogP contribution in [-0.2, 0) is 0 Å². The van der Waals surface area contributed by atoms with Crippen LogP contribution in [0.25, 0.3) is 0 Å². The molecule has 1 aromatic heterocycles. The van der Waals surface area contributed by atoms with Crippen molar-refractivity contribution in [2.75, 3.05) is 0 Å². The Morgan fingerprint density at radius 3 is 1.64 bits per heavy atom. The van der Waals surface area contributed by atoms with E-state index < -0.39 is 5.69 Å². The van der Waals surface area contributed by atoms with E-state index in [9.17, 15) is 9.59 Å². The highest BCUT2D eigenvalue weighted by atomic mass is 16.2. The van der Waals surface area contributed by atoms with E-state index in [1.54, 1.807) is 0 Å². The van der Waals surface area contributed by atoms with E-state index in [-0.39, 0.29) is 5.56 Å². The second kappa shape index (κ2) is 5.53. The fourth-order valence-corrected chi connectivity index (χ4v) is 0.768. The van der Waals surface area contributed by atoms with Crippen molar-refractivity contribution in [3.63, 3.8) is 0 Å². The Morgan fingerprint density at radius 2 is 1.36 bits per heavy atom. The van der Waals surface area contributed by atoms with Gasteiger partial charge in [0.05, 0.1) is 0 Å². The first-order valence-corrected chi connectivity index (χ1v) is 4.07. The van der Waals surface area contributed by atoms with E-state index >= 15 is 0 Å². The summed E-state index contributed by atoms with van der Waals surface area (Å²) in [5, 5.41) is 0. The van der Waals surface area contributed by atoms with Crippen LogP contribution < -0.4 is 11.2 Å². The standard InChI is InChI=1S/C6H6.C4H4N2O2/c1-2-4-6-5-3-1;7-3-1-2-5-4(8)6-3/h1-6H;1-2H,(H2,5,6,7,8). The first-order valence-electron chi connectivity index (χ1n) is 4.07. The lowest BCUT2D eigenvalue weighted by Gasteiger charge is -1.75. The van der Waals surface area contributed by atoms with Crippen molar-refractivity contribution in [2.24, 2.45) is 0 Å². The summed E-state index contributed by atoms with van der Waals surface area (Å²) in [5.74, 6) is 0. The molecule has 0 atom stereocenters. The number of rotatable bonds is 0. The maximum Gasteiger partial charge on any atom is 0.325 e. The Labute approximate surface area is 80.3 Å². The summed E-state index contributed by atoms with van der Waals surface area (Å²) in [6.07, 6.45) is 1.29. The van der Waals surface area contributed by atoms with Crippen molar-refractivity contribution in [1.29, 1.82) is 0 Å². The molecule has 0 bridgehead atoms. The third kappa shape index (κ3) is 4.06. The molecule has 0 aliphatic carbocycles. The predicted octanol–water partition coefficient (Wildman–Crippen LogP) is 0.750. The first kappa shape index (κ1) is 9.98. The summed E-state index contributed by atoms with van der Waals surface area (Å²) in [6, 6.07) is 13.2. The van der Waals surface area contributed by atoms with Gasteiger partial charge in [0.2, 0.25) is 0 Å². The Kier molecular flexibility index (Phi) is 3.94. The smallest absolute Gasteiger partial charge is 0.314 e. The molecule has 4 heteroatoms. The molecule has 0 aliphatic heterocycles. The van der Waals surface area contributed by atoms with Crippen LogP contribution in [0.5, 0.6) is 0 Å². The quantitative estimate of drug-likeness (QED) is 0.643. The van der Waals surface area contributed by atoms with E-state index in [2.05, 4.69) is 4.98 Å². The highest BCUT2D eigenvalue weighted by Crippen LogP contribution is 1.79. The minimum absolute atomic E-state index is 0.381. The summed E-state index contributed by atoms with van der Waals surface area (Å²) in [7, 11) is 0. The second-order valence-electron chi connectivity index (χ2n) is 2.45. The molecule has 14 heavy (non-hydrogen) atoms. The summed E-state index contributed by atoms with van der Waals surface area (Å²) in [6.45, 7) is 0. The van der Waals surface area contributed by atoms with Gasteiger partial charge in [-0.05, 0) is 0 Å². The molecule has 0 spiro atoms. The molecule has 1 aromatic carbocycles. The molecule has 0 fully saturated rings. The van der Waals surface area contributed by atoms with Gasteiger partial charge in [0.1, 0.15) is 0 Å². The van der Waals surface area contributed by atoms with Crippen molar-refractivity contribution in [3.05, 3.63) is 69.5 Å². The number of nitrogens with one attached hydrogen (secondary N) is 2. The van der Waals surface area contributed by atoms with E-state index in [1.807, 2.05) is 41.4 Å². The van der Waals surface area contributed by atoms with E-state index in [1.165, 1.54) is 12.3 Å². The van der Waals surface area contributed by atoms with Crippen LogP contribution in [0.2, 0.25) is 0 Å². The van der Waals surface area contributed by atoms with Crippen molar-refractivity contribution < 1.29 is 0 Å². The van der Waals surface area contributed by atoms with Gasteiger partial charge in [0, 0.05) is 12.3 Å². The molecule has 0 saturated heterocycles. The first-order chi connectivity index (χ1) is 6.79. The molecule has 0 aliphatic rings. The molecule has 1 heterocycles. The van der Waals surface area contributed by atoms with Crippen LogP contribution in [0, 0.1) is 0 Å². The van der Waals surface area contributed by atoms with Gasteiger partial charge in [-0.3, -0.25) is 9.78 Å². The lowest BCUT2D eigenvalue weighted by Crippen LogP contribution is -2.19. The monoisotopic (exact) mass is 190 g/mol. The Balaban J connectivity index is 0.000000146. The molecule has 0 amide bonds. The third-order valence-corrected chi connectivity index (χ3v) is 1.35. The Morgan fingerprint density at radius 1 is 0.857 bits per heavy atom. The minimum Gasteiger partial charge on any atom is -0.314 e. The van der Waals surface area contributed by atoms with Crippen LogP contribution in [0.1, 0.15) is 0 Å². The molecule has 2 rings (SSSR count). The van der Waals surface area contributed by atoms with Gasteiger partial charge in [-0.2, -0.15) is 0 Å². The van der Waals surface area contributed by atoms with Crippen LogP contribution in [0.4, 0.5) is 0 Å². The summed E-state index contributed by atoms with van der Waals surface area (Å²) < 4.78 is 0. The van der Waals surface area contributed by atoms with Crippen molar-refractivity contribution in [1.82, 2.24) is 9.97 Å². The van der Waals surface area contributed by atoms with Gasteiger partial charge in [-0.25, -0.2) is 4.79 Å². The number of H-pyrrole nitrogens is 2. The molecule has 72 valence electrons. The Hall–Kier alpha value is -2.10. The summed E-state index contributed by atoms with van der Waals surface area (Å²) in [4.78, 5) is 24.7. The maximum absolute atomic E-state index is 10.2. The third-order valence-electron chi connectivity index (χ3n) is 1.35. The lowest BCUT2D eigenvalue weighted by molar-refractivity contribution is 1.04. The van der Waals surface area contributed by atoms with Crippen LogP contribution >= 0.6 is 0 Å². The number of benzene rings is 1. The highest BCUT2D eigenvalue weighted by Gasteiger charge is 1.77. The number of aromatic amines is 2. The van der Waals surface area contributed by atoms with E-state index in [0.29, 0.717) is 0 Å². The van der Waals surface area contributed by atoms with Gasteiger partial charge >= 0.3 is 5.69 Å². The van der Waals surface area contributed by atoms with Gasteiger partial charge in [0.25, 0.3) is 5.56 Å². The van der Waals surface area contributed by atoms with E-state index in [0.717, 1.165) is 0 Å². The minimum atomic E-state index is -0.475. The van der Waals surface area contributed by atoms with Crippen molar-refractivity contribution >= 4 is 0 Å². The average Bonchev–Trinajstić information content (AvgIpc) is 2.21. The maximum atomic E-state index is 10.2. The van der Waals surface area contributed by atoms with Crippen LogP contribution in [0.3, 0.4) is 0 Å². The zero-order chi connectivity index (χ0) is 10.2. The average molecular weight is 190 g/mol. The topological polar surface area (TPSA) is 65.7 Å². The molecule has 0 saturated carbocycles. The fraction of sp³-hybridized carbons (Fsp3) is 0. The molecular weight excluding hydrogens is 180 g/mol. The largest absolute Gasteiger partial charge is 0.325 e. The summed E-state index contributed by atoms with van der Waals surface area (Å²) >= 11 is 0. The molecule has 2 aromatic rings. The number of hydrogen-bond acceptors (Lipinski definition) is 2. The SMILES string of the molecule is O=c1cc[nH]c(=O)[nH]1.c1ccccc1. The van der Waals surface area contributed by atoms with Crippen LogP contribution in [0.15, 0.2) is 58.3 Å². The zero-order valence-electron chi connectivity index (χ0n) is 7.44. The van der Waals surface area contributed by atoms with Crippen molar-refractivity contribution in [2.45, 2.75) is 0 Å². The highest BCUT2D eigenvalue weighted by molar-refractivity contribution is 4.99. The fourth-order valence-electron chi connectivity index (χ4n) is 0.768. The van der Waals surface area contributed by atoms with Gasteiger partial charge in [0.15, 0.2) is 0 Å². The van der Waals surface area contributed by atoms with Crippen LogP contribution in [-0.4, -0.2) is 9.97 Å².